The fourth-order valence-electron chi connectivity index (χ4n) is 2.99. The van der Waals surface area contributed by atoms with Gasteiger partial charge in [-0.3, -0.25) is 9.36 Å². The molecule has 0 saturated heterocycles. The van der Waals surface area contributed by atoms with Crippen LogP contribution < -0.4 is 14.8 Å². The van der Waals surface area contributed by atoms with Gasteiger partial charge in [-0.25, -0.2) is 0 Å². The number of nitrogens with zero attached hydrogens (tertiary/aromatic N) is 3. The summed E-state index contributed by atoms with van der Waals surface area (Å²) < 4.78 is 23.4. The van der Waals surface area contributed by atoms with Crippen molar-refractivity contribution in [1.29, 1.82) is 0 Å². The Bertz CT molecular complexity index is 1150. The van der Waals surface area contributed by atoms with Gasteiger partial charge in [-0.15, -0.1) is 10.2 Å². The number of anilines is 1. The summed E-state index contributed by atoms with van der Waals surface area (Å²) in [7, 11) is 0. The van der Waals surface area contributed by atoms with Gasteiger partial charge >= 0.3 is 0 Å². The average Bonchev–Trinajstić information content (AvgIpc) is 3.53. The van der Waals surface area contributed by atoms with Gasteiger partial charge in [0.25, 0.3) is 0 Å². The van der Waals surface area contributed by atoms with Gasteiger partial charge in [0.15, 0.2) is 22.4 Å². The Morgan fingerprint density at radius 1 is 1.07 bits per heavy atom. The molecule has 0 aliphatic carbocycles. The number of rotatable bonds is 7. The lowest BCUT2D eigenvalue weighted by Gasteiger charge is -2.08. The molecule has 1 N–H and O–H groups in total. The Kier molecular flexibility index (Phi) is 4.89. The van der Waals surface area contributed by atoms with Crippen LogP contribution in [0.3, 0.4) is 0 Å². The lowest BCUT2D eigenvalue weighted by molar-refractivity contribution is -0.113. The van der Waals surface area contributed by atoms with Crippen LogP contribution in [0.15, 0.2) is 69.0 Å². The first-order valence-electron chi connectivity index (χ1n) is 9.08. The fraction of sp³-hybridized carbons (Fsp3) is 0.150. The molecule has 10 heteroatoms. The molecule has 1 aliphatic heterocycles. The molecule has 0 radical (unpaired) electrons. The number of benzene rings is 1. The van der Waals surface area contributed by atoms with Crippen LogP contribution in [0.4, 0.5) is 5.69 Å². The van der Waals surface area contributed by atoms with Gasteiger partial charge in [0.2, 0.25) is 18.5 Å². The van der Waals surface area contributed by atoms with Crippen molar-refractivity contribution >= 4 is 23.4 Å². The van der Waals surface area contributed by atoms with E-state index in [1.165, 1.54) is 11.8 Å². The Morgan fingerprint density at radius 3 is 2.77 bits per heavy atom. The van der Waals surface area contributed by atoms with E-state index in [1.54, 1.807) is 36.8 Å². The Labute approximate surface area is 175 Å². The van der Waals surface area contributed by atoms with Crippen LogP contribution in [0.25, 0.3) is 11.6 Å². The van der Waals surface area contributed by atoms with Gasteiger partial charge in [0.05, 0.1) is 24.8 Å². The summed E-state index contributed by atoms with van der Waals surface area (Å²) in [6, 6.07) is 12.5. The molecular weight excluding hydrogens is 408 g/mol. The van der Waals surface area contributed by atoms with Gasteiger partial charge in [-0.05, 0) is 36.4 Å². The molecule has 152 valence electrons. The molecule has 0 saturated carbocycles. The molecule has 9 nitrogen and oxygen atoms in total. The van der Waals surface area contributed by atoms with Gasteiger partial charge in [0, 0.05) is 11.8 Å². The predicted molar refractivity (Wildman–Crippen MR) is 107 cm³/mol. The first-order chi connectivity index (χ1) is 14.8. The van der Waals surface area contributed by atoms with Crippen LogP contribution >= 0.6 is 11.8 Å². The number of hydrogen-bond acceptors (Lipinski definition) is 8. The van der Waals surface area contributed by atoms with Gasteiger partial charge < -0.3 is 23.6 Å². The fourth-order valence-corrected chi connectivity index (χ4v) is 3.72. The van der Waals surface area contributed by atoms with Crippen LogP contribution in [0.1, 0.15) is 5.76 Å². The van der Waals surface area contributed by atoms with Crippen LogP contribution in [0.5, 0.6) is 11.5 Å². The van der Waals surface area contributed by atoms with Crippen molar-refractivity contribution in [2.75, 3.05) is 17.9 Å². The second kappa shape index (κ2) is 7.99. The van der Waals surface area contributed by atoms with Crippen molar-refractivity contribution in [2.45, 2.75) is 11.7 Å². The van der Waals surface area contributed by atoms with Gasteiger partial charge in [-0.2, -0.15) is 0 Å². The normalized spacial score (nSPS) is 12.3. The highest BCUT2D eigenvalue weighted by molar-refractivity contribution is 7.99. The lowest BCUT2D eigenvalue weighted by Crippen LogP contribution is -2.14. The number of furan rings is 2. The second-order valence-corrected chi connectivity index (χ2v) is 7.30. The van der Waals surface area contributed by atoms with E-state index in [1.807, 2.05) is 22.8 Å². The highest BCUT2D eigenvalue weighted by Crippen LogP contribution is 2.34. The number of hydrogen-bond donors (Lipinski definition) is 1. The molecule has 5 rings (SSSR count). The van der Waals surface area contributed by atoms with Crippen molar-refractivity contribution in [3.63, 3.8) is 0 Å². The van der Waals surface area contributed by atoms with Crippen molar-refractivity contribution in [2.24, 2.45) is 0 Å². The van der Waals surface area contributed by atoms with E-state index in [2.05, 4.69) is 15.5 Å². The minimum atomic E-state index is -0.175. The van der Waals surface area contributed by atoms with Gasteiger partial charge in [-0.1, -0.05) is 11.8 Å². The summed E-state index contributed by atoms with van der Waals surface area (Å²) in [5.41, 5.74) is 0.637. The standard InChI is InChI=1S/C20H16N4O5S/c25-18(21-13-5-6-15-17(9-13)29-12-28-15)11-30-20-23-22-19(16-4-2-8-27-16)24(20)10-14-3-1-7-26-14/h1-9H,10-12H2,(H,21,25). The first kappa shape index (κ1) is 18.4. The molecule has 4 aromatic rings. The molecule has 30 heavy (non-hydrogen) atoms. The first-order valence-corrected chi connectivity index (χ1v) is 10.1. The summed E-state index contributed by atoms with van der Waals surface area (Å²) in [4.78, 5) is 12.5. The number of aromatic nitrogens is 3. The summed E-state index contributed by atoms with van der Waals surface area (Å²) in [6.07, 6.45) is 3.19. The maximum absolute atomic E-state index is 12.5. The monoisotopic (exact) mass is 424 g/mol. The molecule has 0 fully saturated rings. The third-order valence-electron chi connectivity index (χ3n) is 4.34. The van der Waals surface area contributed by atoms with Crippen molar-refractivity contribution in [3.05, 3.63) is 60.8 Å². The van der Waals surface area contributed by atoms with Crippen LogP contribution in [0.2, 0.25) is 0 Å². The summed E-state index contributed by atoms with van der Waals surface area (Å²) >= 11 is 1.28. The average molecular weight is 424 g/mol. The number of nitrogens with one attached hydrogen (secondary N) is 1. The van der Waals surface area contributed by atoms with Gasteiger partial charge in [0.1, 0.15) is 5.76 Å². The molecule has 1 aromatic carbocycles. The lowest BCUT2D eigenvalue weighted by atomic mass is 10.3. The van der Waals surface area contributed by atoms with Crippen molar-refractivity contribution < 1.29 is 23.1 Å². The summed E-state index contributed by atoms with van der Waals surface area (Å²) in [5, 5.41) is 11.9. The molecule has 0 bridgehead atoms. The van der Waals surface area contributed by atoms with E-state index in [0.29, 0.717) is 40.5 Å². The van der Waals surface area contributed by atoms with E-state index in [9.17, 15) is 4.79 Å². The molecule has 0 unspecified atom stereocenters. The smallest absolute Gasteiger partial charge is 0.234 e. The number of thioether (sulfide) groups is 1. The van der Waals surface area contributed by atoms with E-state index >= 15 is 0 Å². The van der Waals surface area contributed by atoms with Crippen molar-refractivity contribution in [1.82, 2.24) is 14.8 Å². The van der Waals surface area contributed by atoms with E-state index in [-0.39, 0.29) is 18.5 Å². The predicted octanol–water partition coefficient (Wildman–Crippen LogP) is 3.64. The third-order valence-corrected chi connectivity index (χ3v) is 5.31. The zero-order chi connectivity index (χ0) is 20.3. The Hall–Kier alpha value is -3.66. The number of amides is 1. The van der Waals surface area contributed by atoms with E-state index < -0.39 is 0 Å². The third kappa shape index (κ3) is 3.77. The maximum atomic E-state index is 12.5. The SMILES string of the molecule is O=C(CSc1nnc(-c2ccco2)n1Cc1ccco1)Nc1ccc2c(c1)OCO2. The largest absolute Gasteiger partial charge is 0.467 e. The number of carbonyl (C=O) groups is 1. The van der Waals surface area contributed by atoms with Crippen LogP contribution in [0, 0.1) is 0 Å². The molecular formula is C20H16N4O5S. The second-order valence-electron chi connectivity index (χ2n) is 6.35. The maximum Gasteiger partial charge on any atom is 0.234 e. The molecule has 0 spiro atoms. The number of ether oxygens (including phenoxy) is 2. The highest BCUT2D eigenvalue weighted by Gasteiger charge is 2.19. The van der Waals surface area contributed by atoms with Crippen LogP contribution in [-0.2, 0) is 11.3 Å². The molecule has 3 aromatic heterocycles. The van der Waals surface area contributed by atoms with Crippen LogP contribution in [-0.4, -0.2) is 33.2 Å². The van der Waals surface area contributed by atoms with Crippen molar-refractivity contribution in [3.8, 4) is 23.1 Å². The number of carbonyl (C=O) groups excluding carboxylic acids is 1. The zero-order valence-electron chi connectivity index (χ0n) is 15.6. The minimum absolute atomic E-state index is 0.156. The zero-order valence-corrected chi connectivity index (χ0v) is 16.4. The molecule has 1 aliphatic rings. The minimum Gasteiger partial charge on any atom is -0.467 e. The summed E-state index contributed by atoms with van der Waals surface area (Å²) in [5.74, 6) is 3.16. The quantitative estimate of drug-likeness (QED) is 0.449. The Balaban J connectivity index is 1.30. The van der Waals surface area contributed by atoms with E-state index in [4.69, 9.17) is 18.3 Å². The Morgan fingerprint density at radius 2 is 1.93 bits per heavy atom. The molecule has 4 heterocycles. The highest BCUT2D eigenvalue weighted by atomic mass is 32.2. The molecule has 0 atom stereocenters. The molecule has 1 amide bonds. The van der Waals surface area contributed by atoms with E-state index in [0.717, 1.165) is 5.76 Å². The topological polar surface area (TPSA) is 105 Å². The summed E-state index contributed by atoms with van der Waals surface area (Å²) in [6.45, 7) is 0.605. The number of fused-ring (bicyclic) bond motifs is 1.